The zero-order chi connectivity index (χ0) is 14.0. The second-order valence-corrected chi connectivity index (χ2v) is 6.01. The third-order valence-electron chi connectivity index (χ3n) is 2.94. The summed E-state index contributed by atoms with van der Waals surface area (Å²) in [4.78, 5) is 12.5. The largest absolute Gasteiger partial charge is 0.289 e. The Hall–Kier alpha value is -0.640. The molecule has 2 rings (SSSR count). The van der Waals surface area contributed by atoms with E-state index in [1.54, 1.807) is 18.2 Å². The maximum atomic E-state index is 12.5. The fourth-order valence-corrected chi connectivity index (χ4v) is 2.95. The summed E-state index contributed by atoms with van der Waals surface area (Å²) in [5.41, 5.74) is 3.21. The Morgan fingerprint density at radius 1 is 1.21 bits per heavy atom. The van der Waals surface area contributed by atoms with Gasteiger partial charge in [0.05, 0.1) is 0 Å². The molecule has 0 unspecified atom stereocenters. The van der Waals surface area contributed by atoms with Crippen LogP contribution >= 0.6 is 43.5 Å². The lowest BCUT2D eigenvalue weighted by molar-refractivity contribution is 0.103. The Morgan fingerprint density at radius 3 is 2.58 bits per heavy atom. The Kier molecular flexibility index (Phi) is 4.82. The summed E-state index contributed by atoms with van der Waals surface area (Å²) in [6.07, 6.45) is 0. The van der Waals surface area contributed by atoms with Crippen LogP contribution in [0, 0.1) is 6.92 Å². The van der Waals surface area contributed by atoms with Crippen molar-refractivity contribution < 1.29 is 4.79 Å². The van der Waals surface area contributed by atoms with Gasteiger partial charge in [-0.25, -0.2) is 0 Å². The Bertz CT molecular complexity index is 638. The first kappa shape index (κ1) is 14.8. The van der Waals surface area contributed by atoms with E-state index < -0.39 is 0 Å². The van der Waals surface area contributed by atoms with Crippen molar-refractivity contribution in [1.29, 1.82) is 0 Å². The van der Waals surface area contributed by atoms with Crippen molar-refractivity contribution in [2.45, 2.75) is 12.3 Å². The van der Waals surface area contributed by atoms with Crippen molar-refractivity contribution in [2.24, 2.45) is 0 Å². The van der Waals surface area contributed by atoms with Crippen molar-refractivity contribution in [3.63, 3.8) is 0 Å². The maximum Gasteiger partial charge on any atom is 0.194 e. The highest BCUT2D eigenvalue weighted by atomic mass is 79.9. The molecular formula is C15H11Br2ClO. The minimum absolute atomic E-state index is 0.0204. The predicted octanol–water partition coefficient (Wildman–Crippen LogP) is 5.54. The molecule has 0 fully saturated rings. The van der Waals surface area contributed by atoms with E-state index in [9.17, 15) is 4.79 Å². The molecule has 0 aliphatic rings. The quantitative estimate of drug-likeness (QED) is 0.487. The minimum atomic E-state index is -0.0204. The van der Waals surface area contributed by atoms with Gasteiger partial charge in [-0.15, -0.1) is 0 Å². The first-order valence-corrected chi connectivity index (χ1v) is 7.98. The van der Waals surface area contributed by atoms with Crippen LogP contribution in [0.25, 0.3) is 0 Å². The third kappa shape index (κ3) is 3.10. The van der Waals surface area contributed by atoms with E-state index in [4.69, 9.17) is 11.6 Å². The van der Waals surface area contributed by atoms with E-state index in [1.807, 2.05) is 25.1 Å². The molecule has 1 nitrogen and oxygen atoms in total. The molecule has 19 heavy (non-hydrogen) atoms. The van der Waals surface area contributed by atoms with Crippen LogP contribution in [0.5, 0.6) is 0 Å². The minimum Gasteiger partial charge on any atom is -0.289 e. The van der Waals surface area contributed by atoms with Gasteiger partial charge in [0.25, 0.3) is 0 Å². The second kappa shape index (κ2) is 6.21. The van der Waals surface area contributed by atoms with E-state index in [0.717, 1.165) is 20.9 Å². The van der Waals surface area contributed by atoms with Gasteiger partial charge in [-0.1, -0.05) is 61.7 Å². The molecule has 0 radical (unpaired) electrons. The number of halogens is 3. The number of hydrogen-bond acceptors (Lipinski definition) is 1. The number of rotatable bonds is 3. The SMILES string of the molecule is Cc1c(Cl)cccc1C(=O)c1ccc(CBr)cc1Br. The lowest BCUT2D eigenvalue weighted by Gasteiger charge is -2.09. The van der Waals surface area contributed by atoms with Crippen LogP contribution in [0.3, 0.4) is 0 Å². The van der Waals surface area contributed by atoms with E-state index in [0.29, 0.717) is 16.1 Å². The van der Waals surface area contributed by atoms with Crippen molar-refractivity contribution >= 4 is 49.2 Å². The van der Waals surface area contributed by atoms with Gasteiger partial charge in [-0.3, -0.25) is 4.79 Å². The van der Waals surface area contributed by atoms with Gasteiger partial charge < -0.3 is 0 Å². The number of hydrogen-bond donors (Lipinski definition) is 0. The van der Waals surface area contributed by atoms with E-state index in [1.165, 1.54) is 0 Å². The van der Waals surface area contributed by atoms with Crippen LogP contribution in [-0.2, 0) is 5.33 Å². The molecule has 0 spiro atoms. The van der Waals surface area contributed by atoms with Crippen LogP contribution in [0.1, 0.15) is 27.0 Å². The molecule has 0 saturated heterocycles. The number of carbonyl (C=O) groups is 1. The molecule has 0 heterocycles. The molecule has 0 N–H and O–H groups in total. The molecule has 2 aromatic carbocycles. The van der Waals surface area contributed by atoms with Crippen molar-refractivity contribution in [3.8, 4) is 0 Å². The summed E-state index contributed by atoms with van der Waals surface area (Å²) in [5.74, 6) is -0.0204. The van der Waals surface area contributed by atoms with Crippen molar-refractivity contribution in [2.75, 3.05) is 0 Å². The average Bonchev–Trinajstić information content (AvgIpc) is 2.41. The Morgan fingerprint density at radius 2 is 1.95 bits per heavy atom. The number of alkyl halides is 1. The highest BCUT2D eigenvalue weighted by Gasteiger charge is 2.16. The van der Waals surface area contributed by atoms with Crippen LogP contribution in [-0.4, -0.2) is 5.78 Å². The average molecular weight is 403 g/mol. The highest BCUT2D eigenvalue weighted by molar-refractivity contribution is 9.10. The lowest BCUT2D eigenvalue weighted by Crippen LogP contribution is -2.05. The van der Waals surface area contributed by atoms with E-state index in [2.05, 4.69) is 31.9 Å². The van der Waals surface area contributed by atoms with Crippen molar-refractivity contribution in [1.82, 2.24) is 0 Å². The van der Waals surface area contributed by atoms with E-state index >= 15 is 0 Å². The van der Waals surface area contributed by atoms with E-state index in [-0.39, 0.29) is 5.78 Å². The summed E-state index contributed by atoms with van der Waals surface area (Å²) >= 11 is 12.9. The van der Waals surface area contributed by atoms with Gasteiger partial charge in [-0.05, 0) is 36.2 Å². The molecular weight excluding hydrogens is 391 g/mol. The highest BCUT2D eigenvalue weighted by Crippen LogP contribution is 2.26. The Labute approximate surface area is 134 Å². The molecule has 0 aliphatic heterocycles. The van der Waals surface area contributed by atoms with Crippen LogP contribution < -0.4 is 0 Å². The van der Waals surface area contributed by atoms with Gasteiger partial charge in [-0.2, -0.15) is 0 Å². The fraction of sp³-hybridized carbons (Fsp3) is 0.133. The van der Waals surface area contributed by atoms with Crippen LogP contribution in [0.15, 0.2) is 40.9 Å². The first-order chi connectivity index (χ1) is 9.04. The molecule has 0 amide bonds. The summed E-state index contributed by atoms with van der Waals surface area (Å²) in [6, 6.07) is 11.1. The summed E-state index contributed by atoms with van der Waals surface area (Å²) in [6.45, 7) is 1.86. The predicted molar refractivity (Wildman–Crippen MR) is 86.4 cm³/mol. The number of ketones is 1. The summed E-state index contributed by atoms with van der Waals surface area (Å²) < 4.78 is 0.800. The summed E-state index contributed by atoms with van der Waals surface area (Å²) in [7, 11) is 0. The molecule has 0 aromatic heterocycles. The first-order valence-electron chi connectivity index (χ1n) is 5.68. The zero-order valence-corrected chi connectivity index (χ0v) is 14.1. The number of carbonyl (C=O) groups excluding carboxylic acids is 1. The number of benzene rings is 2. The third-order valence-corrected chi connectivity index (χ3v) is 4.66. The summed E-state index contributed by atoms with van der Waals surface area (Å²) in [5, 5.41) is 1.37. The zero-order valence-electron chi connectivity index (χ0n) is 10.2. The molecule has 0 aliphatic carbocycles. The lowest BCUT2D eigenvalue weighted by atomic mass is 9.98. The maximum absolute atomic E-state index is 12.5. The van der Waals surface area contributed by atoms with Gasteiger partial charge in [0.2, 0.25) is 0 Å². The van der Waals surface area contributed by atoms with Crippen LogP contribution in [0.4, 0.5) is 0 Å². The molecule has 0 atom stereocenters. The molecule has 0 bridgehead atoms. The van der Waals surface area contributed by atoms with Gasteiger partial charge >= 0.3 is 0 Å². The molecule has 4 heteroatoms. The molecule has 0 saturated carbocycles. The standard InChI is InChI=1S/C15H11Br2ClO/c1-9-11(3-2-4-14(9)18)15(19)12-6-5-10(8-16)7-13(12)17/h2-7H,8H2,1H3. The van der Waals surface area contributed by atoms with Gasteiger partial charge in [0, 0.05) is 26.0 Å². The topological polar surface area (TPSA) is 17.1 Å². The van der Waals surface area contributed by atoms with Crippen LogP contribution in [0.2, 0.25) is 5.02 Å². The smallest absolute Gasteiger partial charge is 0.194 e. The molecule has 98 valence electrons. The van der Waals surface area contributed by atoms with Gasteiger partial charge in [0.1, 0.15) is 0 Å². The second-order valence-electron chi connectivity index (χ2n) is 4.19. The Balaban J connectivity index is 2.47. The fourth-order valence-electron chi connectivity index (χ4n) is 1.82. The molecule has 2 aromatic rings. The monoisotopic (exact) mass is 400 g/mol. The van der Waals surface area contributed by atoms with Crippen molar-refractivity contribution in [3.05, 3.63) is 68.1 Å². The normalized spacial score (nSPS) is 10.5. The van der Waals surface area contributed by atoms with Gasteiger partial charge in [0.15, 0.2) is 5.78 Å².